The minimum atomic E-state index is -0.437. The number of guanidine groups is 1. The summed E-state index contributed by atoms with van der Waals surface area (Å²) in [5.74, 6) is -0.00511. The Morgan fingerprint density at radius 3 is 2.65 bits per heavy atom. The molecule has 1 atom stereocenters. The summed E-state index contributed by atoms with van der Waals surface area (Å²) in [4.78, 5) is 13.1. The molecular weight excluding hydrogens is 487 g/mol. The number of benzene rings is 3. The highest BCUT2D eigenvalue weighted by atomic mass is 35.5. The zero-order chi connectivity index (χ0) is 26.5. The molecule has 2 N–H and O–H groups in total. The molecule has 4 rings (SSSR count). The van der Waals surface area contributed by atoms with Crippen molar-refractivity contribution >= 4 is 40.7 Å². The Morgan fingerprint density at radius 2 is 1.95 bits per heavy atom. The van der Waals surface area contributed by atoms with Gasteiger partial charge in [-0.2, -0.15) is 0 Å². The van der Waals surface area contributed by atoms with E-state index in [4.69, 9.17) is 16.6 Å². The van der Waals surface area contributed by atoms with E-state index in [2.05, 4.69) is 48.3 Å². The molecule has 0 aromatic heterocycles. The van der Waals surface area contributed by atoms with Gasteiger partial charge in [-0.25, -0.2) is 14.4 Å². The van der Waals surface area contributed by atoms with Gasteiger partial charge in [0.2, 0.25) is 5.96 Å². The van der Waals surface area contributed by atoms with E-state index in [9.17, 15) is 0 Å². The van der Waals surface area contributed by atoms with Crippen molar-refractivity contribution in [3.8, 4) is 11.1 Å². The van der Waals surface area contributed by atoms with Crippen LogP contribution < -0.4 is 10.6 Å². The van der Waals surface area contributed by atoms with Gasteiger partial charge >= 0.3 is 0 Å². The fourth-order valence-electron chi connectivity index (χ4n) is 4.55. The van der Waals surface area contributed by atoms with E-state index in [-0.39, 0.29) is 5.69 Å². The number of halogens is 2. The highest BCUT2D eigenvalue weighted by Crippen LogP contribution is 2.41. The Kier molecular flexibility index (Phi) is 8.92. The summed E-state index contributed by atoms with van der Waals surface area (Å²) in [6.45, 7) is 8.85. The molecule has 0 unspecified atom stereocenters. The van der Waals surface area contributed by atoms with Crippen molar-refractivity contribution in [1.82, 2.24) is 20.4 Å². The highest BCUT2D eigenvalue weighted by molar-refractivity contribution is 6.34. The molecular formula is C29H36ClFN6. The molecule has 1 saturated heterocycles. The van der Waals surface area contributed by atoms with Crippen LogP contribution in [0.1, 0.15) is 12.5 Å². The Hall–Kier alpha value is -2.84. The molecule has 0 aliphatic carbocycles. The number of likely N-dealkylation sites (tertiary alicyclic amines) is 1. The topological polar surface area (TPSA) is 55.3 Å². The van der Waals surface area contributed by atoms with E-state index in [0.29, 0.717) is 41.6 Å². The zero-order valence-corrected chi connectivity index (χ0v) is 22.8. The summed E-state index contributed by atoms with van der Waals surface area (Å²) in [5, 5.41) is 8.97. The van der Waals surface area contributed by atoms with Gasteiger partial charge in [-0.15, -0.1) is 0 Å². The minimum Gasteiger partial charge on any atom is -0.338 e. The van der Waals surface area contributed by atoms with Gasteiger partial charge in [0.05, 0.1) is 5.02 Å². The third-order valence-electron chi connectivity index (χ3n) is 7.07. The van der Waals surface area contributed by atoms with E-state index < -0.39 is 5.82 Å². The van der Waals surface area contributed by atoms with Gasteiger partial charge in [0, 0.05) is 37.3 Å². The molecule has 1 fully saturated rings. The maximum atomic E-state index is 16.5. The van der Waals surface area contributed by atoms with Crippen LogP contribution in [-0.4, -0.2) is 81.9 Å². The maximum Gasteiger partial charge on any atom is 0.225 e. The fourth-order valence-corrected chi connectivity index (χ4v) is 4.87. The molecule has 3 aromatic carbocycles. The number of nitrogens with zero attached hydrogens (tertiary/aromatic N) is 4. The lowest BCUT2D eigenvalue weighted by Gasteiger charge is -2.43. The summed E-state index contributed by atoms with van der Waals surface area (Å²) in [7, 11) is 6.03. The van der Waals surface area contributed by atoms with Crippen molar-refractivity contribution < 1.29 is 4.39 Å². The molecule has 0 bridgehead atoms. The Bertz CT molecular complexity index is 1280. The van der Waals surface area contributed by atoms with E-state index >= 15 is 4.39 Å². The SMILES string of the molecule is C=N/C(=N\c1c(CCNC[C@@H](C)NC)cc(Cl)c(-c2cccc3ccccc23)c1F)N1CC(N(C)C)C1. The average molecular weight is 523 g/mol. The third kappa shape index (κ3) is 6.02. The van der Waals surface area contributed by atoms with Crippen LogP contribution in [0, 0.1) is 5.82 Å². The monoisotopic (exact) mass is 522 g/mol. The van der Waals surface area contributed by atoms with E-state index in [1.165, 1.54) is 0 Å². The van der Waals surface area contributed by atoms with Crippen molar-refractivity contribution in [3.63, 3.8) is 0 Å². The molecule has 1 aliphatic rings. The molecule has 0 amide bonds. The molecule has 8 heteroatoms. The van der Waals surface area contributed by atoms with Crippen molar-refractivity contribution in [1.29, 1.82) is 0 Å². The van der Waals surface area contributed by atoms with Crippen molar-refractivity contribution in [2.24, 2.45) is 9.98 Å². The standard InChI is InChI=1S/C29H36ClFN6/c1-19(32-2)16-34-14-13-21-15-25(30)26(24-12-8-10-20-9-6-7-11-23(20)24)27(31)28(21)35-29(33-3)37-17-22(18-37)36(4)5/h6-12,15,19,22,32,34H,3,13-14,16-18H2,1-2,4-5H3/b35-29+/t19-/m1/s1. The predicted molar refractivity (Wildman–Crippen MR) is 155 cm³/mol. The van der Waals surface area contributed by atoms with Crippen LogP contribution in [0.5, 0.6) is 0 Å². The largest absolute Gasteiger partial charge is 0.338 e. The first-order chi connectivity index (χ1) is 17.8. The second kappa shape index (κ2) is 12.1. The molecule has 6 nitrogen and oxygen atoms in total. The normalized spacial score (nSPS) is 15.3. The Morgan fingerprint density at radius 1 is 1.22 bits per heavy atom. The molecule has 1 heterocycles. The van der Waals surface area contributed by atoms with Crippen LogP contribution >= 0.6 is 11.6 Å². The molecule has 0 spiro atoms. The lowest BCUT2D eigenvalue weighted by Crippen LogP contribution is -2.58. The Labute approximate surface area is 224 Å². The van der Waals surface area contributed by atoms with Crippen LogP contribution in [-0.2, 0) is 6.42 Å². The molecule has 0 saturated carbocycles. The first-order valence-corrected chi connectivity index (χ1v) is 13.1. The number of rotatable bonds is 9. The summed E-state index contributed by atoms with van der Waals surface area (Å²) in [6, 6.07) is 16.4. The van der Waals surface area contributed by atoms with Crippen LogP contribution in [0.15, 0.2) is 58.5 Å². The molecule has 0 radical (unpaired) electrons. The summed E-state index contributed by atoms with van der Waals surface area (Å²) in [6.07, 6.45) is 0.576. The van der Waals surface area contributed by atoms with Gasteiger partial charge in [-0.1, -0.05) is 54.1 Å². The second-order valence-electron chi connectivity index (χ2n) is 9.82. The lowest BCUT2D eigenvalue weighted by molar-refractivity contribution is 0.123. The molecule has 196 valence electrons. The summed E-state index contributed by atoms with van der Waals surface area (Å²) < 4.78 is 16.5. The van der Waals surface area contributed by atoms with Crippen molar-refractivity contribution in [3.05, 3.63) is 64.9 Å². The fraction of sp³-hybridized carbons (Fsp3) is 0.379. The first-order valence-electron chi connectivity index (χ1n) is 12.7. The van der Waals surface area contributed by atoms with Crippen LogP contribution in [0.25, 0.3) is 21.9 Å². The number of aliphatic imine (C=N–C) groups is 2. The maximum absolute atomic E-state index is 16.5. The Balaban J connectivity index is 1.77. The molecule has 3 aromatic rings. The van der Waals surface area contributed by atoms with Gasteiger partial charge < -0.3 is 20.4 Å². The second-order valence-corrected chi connectivity index (χ2v) is 10.2. The van der Waals surface area contributed by atoms with Gasteiger partial charge in [0.15, 0.2) is 5.82 Å². The van der Waals surface area contributed by atoms with Crippen LogP contribution in [0.3, 0.4) is 0 Å². The number of likely N-dealkylation sites (N-methyl/N-ethyl adjacent to an activating group) is 2. The summed E-state index contributed by atoms with van der Waals surface area (Å²) in [5.41, 5.74) is 2.11. The summed E-state index contributed by atoms with van der Waals surface area (Å²) >= 11 is 6.78. The van der Waals surface area contributed by atoms with E-state index in [0.717, 1.165) is 41.5 Å². The number of hydrogen-bond acceptors (Lipinski definition) is 4. The van der Waals surface area contributed by atoms with Gasteiger partial charge in [-0.3, -0.25) is 0 Å². The number of hydrogen-bond donors (Lipinski definition) is 2. The molecule has 1 aliphatic heterocycles. The van der Waals surface area contributed by atoms with Gasteiger partial charge in [0.1, 0.15) is 5.69 Å². The van der Waals surface area contributed by atoms with Gasteiger partial charge in [-0.05, 0) is 75.7 Å². The third-order valence-corrected chi connectivity index (χ3v) is 7.37. The van der Waals surface area contributed by atoms with E-state index in [1.54, 1.807) is 0 Å². The first kappa shape index (κ1) is 27.2. The quantitative estimate of drug-likeness (QED) is 0.236. The zero-order valence-electron chi connectivity index (χ0n) is 22.1. The van der Waals surface area contributed by atoms with Crippen LogP contribution in [0.2, 0.25) is 5.02 Å². The highest BCUT2D eigenvalue weighted by Gasteiger charge is 2.31. The number of fused-ring (bicyclic) bond motifs is 1. The van der Waals surface area contributed by atoms with Gasteiger partial charge in [0.25, 0.3) is 0 Å². The van der Waals surface area contributed by atoms with Crippen LogP contribution in [0.4, 0.5) is 10.1 Å². The predicted octanol–water partition coefficient (Wildman–Crippen LogP) is 4.97. The molecule has 37 heavy (non-hydrogen) atoms. The lowest BCUT2D eigenvalue weighted by atomic mass is 9.95. The van der Waals surface area contributed by atoms with Crippen molar-refractivity contribution in [2.75, 3.05) is 47.3 Å². The number of nitrogens with one attached hydrogen (secondary N) is 2. The smallest absolute Gasteiger partial charge is 0.225 e. The van der Waals surface area contributed by atoms with Crippen molar-refractivity contribution in [2.45, 2.75) is 25.4 Å². The average Bonchev–Trinajstić information content (AvgIpc) is 2.86. The van der Waals surface area contributed by atoms with E-state index in [1.807, 2.05) is 60.5 Å². The minimum absolute atomic E-state index is 0.270.